The van der Waals surface area contributed by atoms with Crippen LogP contribution in [0.3, 0.4) is 0 Å². The fraction of sp³-hybridized carbons (Fsp3) is 0.667. The third-order valence-corrected chi connectivity index (χ3v) is 4.48. The number of benzene rings is 1. The SMILES string of the molecule is CN1CCCCC1CCNc1ccc(C(C)(C)C)cc1. The van der Waals surface area contributed by atoms with E-state index in [0.717, 1.165) is 12.6 Å². The van der Waals surface area contributed by atoms with E-state index < -0.39 is 0 Å². The van der Waals surface area contributed by atoms with Crippen molar-refractivity contribution in [2.75, 3.05) is 25.5 Å². The van der Waals surface area contributed by atoms with Crippen LogP contribution in [0.15, 0.2) is 24.3 Å². The van der Waals surface area contributed by atoms with E-state index in [2.05, 4.69) is 62.3 Å². The molecule has 1 aromatic carbocycles. The van der Waals surface area contributed by atoms with E-state index in [-0.39, 0.29) is 5.41 Å². The molecule has 0 aromatic heterocycles. The lowest BCUT2D eigenvalue weighted by atomic mass is 9.87. The van der Waals surface area contributed by atoms with Crippen LogP contribution in [0, 0.1) is 0 Å². The van der Waals surface area contributed by atoms with Crippen LogP contribution in [-0.4, -0.2) is 31.1 Å². The summed E-state index contributed by atoms with van der Waals surface area (Å²) in [4.78, 5) is 2.52. The summed E-state index contributed by atoms with van der Waals surface area (Å²) in [6.45, 7) is 9.12. The van der Waals surface area contributed by atoms with E-state index in [1.54, 1.807) is 0 Å². The second kappa shape index (κ2) is 6.62. The lowest BCUT2D eigenvalue weighted by molar-refractivity contribution is 0.179. The Labute approximate surface area is 124 Å². The van der Waals surface area contributed by atoms with Crippen molar-refractivity contribution in [1.29, 1.82) is 0 Å². The van der Waals surface area contributed by atoms with Gasteiger partial charge in [0.15, 0.2) is 0 Å². The minimum absolute atomic E-state index is 0.239. The van der Waals surface area contributed by atoms with Gasteiger partial charge in [-0.3, -0.25) is 0 Å². The Morgan fingerprint density at radius 3 is 2.45 bits per heavy atom. The molecule has 112 valence electrons. The zero-order valence-electron chi connectivity index (χ0n) is 13.6. The van der Waals surface area contributed by atoms with Crippen LogP contribution in [0.25, 0.3) is 0 Å². The van der Waals surface area contributed by atoms with Gasteiger partial charge in [-0.15, -0.1) is 0 Å². The van der Waals surface area contributed by atoms with E-state index in [1.807, 2.05) is 0 Å². The molecule has 0 spiro atoms. The first kappa shape index (κ1) is 15.4. The molecule has 0 amide bonds. The van der Waals surface area contributed by atoms with Crippen molar-refractivity contribution in [2.24, 2.45) is 0 Å². The zero-order chi connectivity index (χ0) is 14.6. The Bertz CT molecular complexity index is 402. The minimum Gasteiger partial charge on any atom is -0.385 e. The van der Waals surface area contributed by atoms with E-state index in [9.17, 15) is 0 Å². The third kappa shape index (κ3) is 4.24. The molecular weight excluding hydrogens is 244 g/mol. The monoisotopic (exact) mass is 274 g/mol. The Balaban J connectivity index is 1.79. The summed E-state index contributed by atoms with van der Waals surface area (Å²) in [6.07, 6.45) is 5.38. The zero-order valence-corrected chi connectivity index (χ0v) is 13.6. The third-order valence-electron chi connectivity index (χ3n) is 4.48. The summed E-state index contributed by atoms with van der Waals surface area (Å²) < 4.78 is 0. The van der Waals surface area contributed by atoms with Crippen LogP contribution < -0.4 is 5.32 Å². The van der Waals surface area contributed by atoms with Gasteiger partial charge in [0.2, 0.25) is 0 Å². The highest BCUT2D eigenvalue weighted by atomic mass is 15.1. The van der Waals surface area contributed by atoms with Crippen LogP contribution in [0.2, 0.25) is 0 Å². The molecule has 1 aliphatic heterocycles. The van der Waals surface area contributed by atoms with Gasteiger partial charge in [-0.1, -0.05) is 39.3 Å². The molecule has 2 rings (SSSR count). The fourth-order valence-corrected chi connectivity index (χ4v) is 2.98. The van der Waals surface area contributed by atoms with Gasteiger partial charge in [-0.05, 0) is 56.0 Å². The van der Waals surface area contributed by atoms with Gasteiger partial charge < -0.3 is 10.2 Å². The Morgan fingerprint density at radius 2 is 1.85 bits per heavy atom. The molecule has 2 heteroatoms. The highest BCUT2D eigenvalue weighted by molar-refractivity contribution is 5.45. The highest BCUT2D eigenvalue weighted by Crippen LogP contribution is 2.23. The topological polar surface area (TPSA) is 15.3 Å². The molecule has 1 aliphatic rings. The van der Waals surface area contributed by atoms with Crippen molar-refractivity contribution in [3.63, 3.8) is 0 Å². The summed E-state index contributed by atoms with van der Waals surface area (Å²) >= 11 is 0. The van der Waals surface area contributed by atoms with Crippen LogP contribution in [-0.2, 0) is 5.41 Å². The van der Waals surface area contributed by atoms with Gasteiger partial charge in [0, 0.05) is 18.3 Å². The number of piperidine rings is 1. The Kier molecular flexibility index (Phi) is 5.09. The number of nitrogens with zero attached hydrogens (tertiary/aromatic N) is 1. The van der Waals surface area contributed by atoms with Crippen molar-refractivity contribution >= 4 is 5.69 Å². The van der Waals surface area contributed by atoms with Gasteiger partial charge in [0.05, 0.1) is 0 Å². The number of hydrogen-bond donors (Lipinski definition) is 1. The lowest BCUT2D eigenvalue weighted by Gasteiger charge is -2.32. The van der Waals surface area contributed by atoms with E-state index in [4.69, 9.17) is 0 Å². The predicted molar refractivity (Wildman–Crippen MR) is 88.5 cm³/mol. The maximum atomic E-state index is 3.56. The van der Waals surface area contributed by atoms with Gasteiger partial charge in [-0.25, -0.2) is 0 Å². The number of hydrogen-bond acceptors (Lipinski definition) is 2. The van der Waals surface area contributed by atoms with Crippen LogP contribution in [0.1, 0.15) is 52.0 Å². The van der Waals surface area contributed by atoms with E-state index >= 15 is 0 Å². The van der Waals surface area contributed by atoms with Crippen LogP contribution >= 0.6 is 0 Å². The molecule has 0 bridgehead atoms. The fourth-order valence-electron chi connectivity index (χ4n) is 2.98. The first-order valence-electron chi connectivity index (χ1n) is 8.01. The Hall–Kier alpha value is -1.02. The van der Waals surface area contributed by atoms with E-state index in [1.165, 1.54) is 43.5 Å². The number of likely N-dealkylation sites (tertiary alicyclic amines) is 1. The van der Waals surface area contributed by atoms with Crippen molar-refractivity contribution in [3.05, 3.63) is 29.8 Å². The molecule has 1 saturated heterocycles. The largest absolute Gasteiger partial charge is 0.385 e. The van der Waals surface area contributed by atoms with Crippen molar-refractivity contribution in [3.8, 4) is 0 Å². The molecule has 2 nitrogen and oxygen atoms in total. The summed E-state index contributed by atoms with van der Waals surface area (Å²) in [6, 6.07) is 9.69. The quantitative estimate of drug-likeness (QED) is 0.882. The molecule has 1 fully saturated rings. The van der Waals surface area contributed by atoms with Crippen LogP contribution in [0.4, 0.5) is 5.69 Å². The molecule has 1 N–H and O–H groups in total. The van der Waals surface area contributed by atoms with Gasteiger partial charge in [0.25, 0.3) is 0 Å². The molecular formula is C18H30N2. The molecule has 0 saturated carbocycles. The van der Waals surface area contributed by atoms with E-state index in [0.29, 0.717) is 0 Å². The second-order valence-corrected chi connectivity index (χ2v) is 7.17. The standard InChI is InChI=1S/C18H30N2/c1-18(2,3)15-8-10-16(11-9-15)19-13-12-17-7-5-6-14-20(17)4/h8-11,17,19H,5-7,12-14H2,1-4H3. The van der Waals surface area contributed by atoms with Crippen molar-refractivity contribution in [2.45, 2.75) is 57.9 Å². The maximum Gasteiger partial charge on any atom is 0.0340 e. The Morgan fingerprint density at radius 1 is 1.15 bits per heavy atom. The maximum absolute atomic E-state index is 3.56. The average Bonchev–Trinajstić information content (AvgIpc) is 2.40. The smallest absolute Gasteiger partial charge is 0.0340 e. The molecule has 0 aliphatic carbocycles. The number of anilines is 1. The van der Waals surface area contributed by atoms with Crippen LogP contribution in [0.5, 0.6) is 0 Å². The first-order chi connectivity index (χ1) is 9.47. The summed E-state index contributed by atoms with van der Waals surface area (Å²) in [5.74, 6) is 0. The second-order valence-electron chi connectivity index (χ2n) is 7.17. The predicted octanol–water partition coefficient (Wildman–Crippen LogP) is 4.27. The van der Waals surface area contributed by atoms with Crippen molar-refractivity contribution < 1.29 is 0 Å². The molecule has 1 unspecified atom stereocenters. The summed E-state index contributed by atoms with van der Waals surface area (Å²) in [5.41, 5.74) is 2.88. The normalized spacial score (nSPS) is 20.9. The van der Waals surface area contributed by atoms with Crippen molar-refractivity contribution in [1.82, 2.24) is 4.90 Å². The summed E-state index contributed by atoms with van der Waals surface area (Å²) in [7, 11) is 2.27. The average molecular weight is 274 g/mol. The van der Waals surface area contributed by atoms with Gasteiger partial charge >= 0.3 is 0 Å². The molecule has 1 aromatic rings. The molecule has 20 heavy (non-hydrogen) atoms. The summed E-state index contributed by atoms with van der Waals surface area (Å²) in [5, 5.41) is 3.56. The molecule has 1 atom stereocenters. The number of nitrogens with one attached hydrogen (secondary N) is 1. The van der Waals surface area contributed by atoms with Gasteiger partial charge in [-0.2, -0.15) is 0 Å². The molecule has 1 heterocycles. The molecule has 0 radical (unpaired) electrons. The van der Waals surface area contributed by atoms with Gasteiger partial charge in [0.1, 0.15) is 0 Å². The highest BCUT2D eigenvalue weighted by Gasteiger charge is 2.18. The number of rotatable bonds is 4. The first-order valence-corrected chi connectivity index (χ1v) is 8.01. The lowest BCUT2D eigenvalue weighted by Crippen LogP contribution is -2.37. The minimum atomic E-state index is 0.239.